The van der Waals surface area contributed by atoms with E-state index < -0.39 is 0 Å². The van der Waals surface area contributed by atoms with Gasteiger partial charge in [0.2, 0.25) is 0 Å². The first-order chi connectivity index (χ1) is 17.7. The summed E-state index contributed by atoms with van der Waals surface area (Å²) in [5.41, 5.74) is 4.09. The minimum Gasteiger partial charge on any atom is -0.412 e. The summed E-state index contributed by atoms with van der Waals surface area (Å²) in [6.45, 7) is 11.7. The van der Waals surface area contributed by atoms with E-state index in [1.165, 1.54) is 80.7 Å². The van der Waals surface area contributed by atoms with Crippen LogP contribution in [0.25, 0.3) is 0 Å². The minimum atomic E-state index is -0.0178. The second kappa shape index (κ2) is 12.6. The maximum absolute atomic E-state index is 4.75. The highest BCUT2D eigenvalue weighted by atomic mass is 16.0. The van der Waals surface area contributed by atoms with Crippen molar-refractivity contribution in [2.24, 2.45) is 4.99 Å². The first-order valence-corrected chi connectivity index (χ1v) is 14.6. The number of unbranched alkanes of at least 4 members (excludes halogenated alkanes) is 1. The van der Waals surface area contributed by atoms with Gasteiger partial charge in [-0.2, -0.15) is 0 Å². The van der Waals surface area contributed by atoms with Crippen LogP contribution in [0.1, 0.15) is 90.0 Å². The number of likely N-dealkylation sites (N-methyl/N-ethyl adjacent to an activating group) is 1. The summed E-state index contributed by atoms with van der Waals surface area (Å²) < 4.78 is 4.99. The maximum atomic E-state index is 4.75. The van der Waals surface area contributed by atoms with Crippen molar-refractivity contribution in [1.29, 1.82) is 0 Å². The van der Waals surface area contributed by atoms with Gasteiger partial charge in [-0.15, -0.1) is 0 Å². The number of hydrogen-bond acceptors (Lipinski definition) is 5. The summed E-state index contributed by atoms with van der Waals surface area (Å²) in [5, 5.41) is 7.19. The molecule has 8 heteroatoms. The fraction of sp³-hybridized carbons (Fsp3) is 0.690. The van der Waals surface area contributed by atoms with E-state index in [0.29, 0.717) is 6.04 Å². The number of anilines is 1. The highest BCUT2D eigenvalue weighted by Crippen LogP contribution is 2.37. The van der Waals surface area contributed by atoms with E-state index in [-0.39, 0.29) is 13.2 Å². The van der Waals surface area contributed by atoms with Crippen LogP contribution >= 0.6 is 0 Å². The Morgan fingerprint density at radius 3 is 2.32 bits per heavy atom. The predicted molar refractivity (Wildman–Crippen MR) is 156 cm³/mol. The first kappa shape index (κ1) is 27.9. The van der Waals surface area contributed by atoms with Gasteiger partial charge in [0.05, 0.1) is 18.8 Å². The van der Waals surface area contributed by atoms with Gasteiger partial charge in [-0.3, -0.25) is 24.6 Å². The molecule has 1 saturated carbocycles. The molecule has 1 aliphatic carbocycles. The number of piperazine rings is 1. The van der Waals surface area contributed by atoms with E-state index >= 15 is 0 Å². The van der Waals surface area contributed by atoms with Crippen LogP contribution < -0.4 is 10.6 Å². The van der Waals surface area contributed by atoms with Gasteiger partial charge in [0.25, 0.3) is 0 Å². The molecule has 208 valence electrons. The molecular weight excluding hydrogens is 462 g/mol. The quantitative estimate of drug-likeness (QED) is 0.490. The average Bonchev–Trinajstić information content (AvgIpc) is 3.64. The molecule has 3 fully saturated rings. The third-order valence-corrected chi connectivity index (χ3v) is 8.53. The van der Waals surface area contributed by atoms with Crippen molar-refractivity contribution in [1.82, 2.24) is 24.5 Å². The lowest BCUT2D eigenvalue weighted by Crippen LogP contribution is -2.44. The number of likely N-dealkylation sites (tertiary alicyclic amines) is 2. The third-order valence-electron chi connectivity index (χ3n) is 8.53. The molecule has 2 aromatic rings. The normalized spacial score (nSPS) is 25.0. The molecular formula is C29H51N7O. The molecule has 1 aromatic carbocycles. The Bertz CT molecular complexity index is 1010. The Labute approximate surface area is 224 Å². The molecule has 2 saturated heterocycles. The highest BCUT2D eigenvalue weighted by molar-refractivity contribution is 5.87. The van der Waals surface area contributed by atoms with Gasteiger partial charge in [-0.1, -0.05) is 64.3 Å². The molecule has 3 aliphatic heterocycles. The molecule has 0 spiro atoms. The Morgan fingerprint density at radius 2 is 1.70 bits per heavy atom. The van der Waals surface area contributed by atoms with Crippen molar-refractivity contribution in [3.63, 3.8) is 0 Å². The molecule has 0 radical (unpaired) electrons. The zero-order valence-corrected chi connectivity index (χ0v) is 23.4. The molecule has 4 heterocycles. The average molecular weight is 514 g/mol. The van der Waals surface area contributed by atoms with Gasteiger partial charge in [-0.05, 0) is 50.4 Å². The molecule has 1 aromatic heterocycles. The summed E-state index contributed by atoms with van der Waals surface area (Å²) in [5.74, 6) is 1.23. The van der Waals surface area contributed by atoms with Gasteiger partial charge < -0.3 is 15.7 Å². The Balaban J connectivity index is 0.000000978. The van der Waals surface area contributed by atoms with Crippen LogP contribution in [0.4, 0.5) is 5.82 Å². The summed E-state index contributed by atoms with van der Waals surface area (Å²) in [4.78, 5) is 9.96. The standard InChI is InChI=1S/C27H41N7.C2H6.H2O.H2/c1-3-4-13-28-27-29-15-25-26(30-27)33(34(25)22-7-5-6-8-22)17-21-11-9-20(10-12-21)16-32-19-23-14-24(32)18-31(23)2;1-2;;/h9-12,15,22-24,27-28,30H,3-8,13-14,16-19H2,1-2H3;1-2H3;1H2;1H. The van der Waals surface area contributed by atoms with Crippen molar-refractivity contribution >= 4 is 12.0 Å². The lowest BCUT2D eigenvalue weighted by atomic mass is 10.1. The smallest absolute Gasteiger partial charge is 0.174 e. The van der Waals surface area contributed by atoms with Crippen molar-refractivity contribution in [2.45, 2.75) is 103 Å². The van der Waals surface area contributed by atoms with E-state index in [1.54, 1.807) is 0 Å². The van der Waals surface area contributed by atoms with E-state index in [2.05, 4.69) is 74.2 Å². The lowest BCUT2D eigenvalue weighted by Gasteiger charge is -2.38. The Hall–Kier alpha value is -2.13. The number of benzene rings is 1. The van der Waals surface area contributed by atoms with E-state index in [0.717, 1.165) is 31.7 Å². The van der Waals surface area contributed by atoms with Crippen LogP contribution in [-0.4, -0.2) is 75.9 Å². The number of aromatic nitrogens is 2. The van der Waals surface area contributed by atoms with Crippen LogP contribution in [0, 0.1) is 0 Å². The largest absolute Gasteiger partial charge is 0.412 e. The van der Waals surface area contributed by atoms with E-state index in [1.807, 2.05) is 13.8 Å². The topological polar surface area (TPSA) is 84.3 Å². The minimum absolute atomic E-state index is 0. The molecule has 0 amide bonds. The van der Waals surface area contributed by atoms with Gasteiger partial charge in [0, 0.05) is 33.1 Å². The number of aliphatic imine (C=N–C) groups is 1. The number of nitrogens with one attached hydrogen (secondary N) is 2. The SMILES string of the molecule is CC.CCCCNC1N=Cc2c(n(Cc3ccc(CN4CC5CC4CN5C)cc3)n2C2CCCC2)N1.O.[HH]. The van der Waals surface area contributed by atoms with Crippen LogP contribution in [0.3, 0.4) is 0 Å². The Kier molecular flexibility index (Phi) is 9.51. The van der Waals surface area contributed by atoms with Crippen LogP contribution in [-0.2, 0) is 13.1 Å². The summed E-state index contributed by atoms with van der Waals surface area (Å²) in [6, 6.07) is 11.5. The first-order valence-electron chi connectivity index (χ1n) is 14.6. The summed E-state index contributed by atoms with van der Waals surface area (Å²) in [6.07, 6.45) is 11.0. The van der Waals surface area contributed by atoms with Crippen LogP contribution in [0.5, 0.6) is 0 Å². The number of fused-ring (bicyclic) bond motifs is 3. The van der Waals surface area contributed by atoms with Crippen LogP contribution in [0.15, 0.2) is 29.3 Å². The van der Waals surface area contributed by atoms with Crippen molar-refractivity contribution < 1.29 is 6.90 Å². The van der Waals surface area contributed by atoms with E-state index in [9.17, 15) is 0 Å². The zero-order chi connectivity index (χ0) is 25.1. The predicted octanol–water partition coefficient (Wildman–Crippen LogP) is 4.31. The molecule has 6 rings (SSSR count). The summed E-state index contributed by atoms with van der Waals surface area (Å²) >= 11 is 0. The molecule has 3 atom stereocenters. The fourth-order valence-corrected chi connectivity index (χ4v) is 6.53. The van der Waals surface area contributed by atoms with Gasteiger partial charge in [0.1, 0.15) is 5.69 Å². The van der Waals surface area contributed by atoms with Gasteiger partial charge in [-0.25, -0.2) is 0 Å². The van der Waals surface area contributed by atoms with Crippen molar-refractivity contribution in [3.8, 4) is 0 Å². The monoisotopic (exact) mass is 513 g/mol. The fourth-order valence-electron chi connectivity index (χ4n) is 6.53. The van der Waals surface area contributed by atoms with Crippen molar-refractivity contribution in [2.75, 3.05) is 32.0 Å². The Morgan fingerprint density at radius 1 is 1.00 bits per heavy atom. The van der Waals surface area contributed by atoms with Crippen LogP contribution in [0.2, 0.25) is 0 Å². The highest BCUT2D eigenvalue weighted by Gasteiger charge is 2.41. The molecule has 2 bridgehead atoms. The molecule has 37 heavy (non-hydrogen) atoms. The van der Waals surface area contributed by atoms with E-state index in [4.69, 9.17) is 4.99 Å². The second-order valence-corrected chi connectivity index (χ2v) is 10.9. The number of hydrogen-bond donors (Lipinski definition) is 2. The van der Waals surface area contributed by atoms with Crippen molar-refractivity contribution in [3.05, 3.63) is 41.1 Å². The van der Waals surface area contributed by atoms with Gasteiger partial charge >= 0.3 is 0 Å². The maximum Gasteiger partial charge on any atom is 0.174 e. The molecule has 4 aliphatic rings. The number of rotatable bonds is 9. The van der Waals surface area contributed by atoms with Gasteiger partial charge in [0.15, 0.2) is 12.1 Å². The lowest BCUT2D eigenvalue weighted by molar-refractivity contribution is 0.143. The second-order valence-electron chi connectivity index (χ2n) is 10.9. The number of nitrogens with zero attached hydrogens (tertiary/aromatic N) is 5. The zero-order valence-electron chi connectivity index (χ0n) is 23.4. The molecule has 8 nitrogen and oxygen atoms in total. The third kappa shape index (κ3) is 5.82. The molecule has 3 unspecified atom stereocenters. The summed E-state index contributed by atoms with van der Waals surface area (Å²) in [7, 11) is 2.28. The molecule has 4 N–H and O–H groups in total.